The zero-order chi connectivity index (χ0) is 14.7. The van der Waals surface area contributed by atoms with E-state index in [0.29, 0.717) is 5.02 Å². The Balaban J connectivity index is 2.24. The zero-order valence-corrected chi connectivity index (χ0v) is 12.8. The third-order valence-electron chi connectivity index (χ3n) is 4.03. The lowest BCUT2D eigenvalue weighted by Crippen LogP contribution is -2.41. The fourth-order valence-electron chi connectivity index (χ4n) is 2.98. The highest BCUT2D eigenvalue weighted by Gasteiger charge is 2.34. The van der Waals surface area contributed by atoms with E-state index in [2.05, 4.69) is 13.8 Å². The van der Waals surface area contributed by atoms with Crippen molar-refractivity contribution in [2.24, 2.45) is 5.92 Å². The first-order valence-electron chi connectivity index (χ1n) is 7.21. The fraction of sp³-hybridized carbons (Fsp3) is 0.562. The molecule has 0 saturated carbocycles. The number of carbonyl (C=O) groups excluding carboxylic acids is 1. The van der Waals surface area contributed by atoms with Crippen molar-refractivity contribution >= 4 is 17.5 Å². The Kier molecular flexibility index (Phi) is 5.06. The number of benzene rings is 1. The molecule has 0 aliphatic carbocycles. The lowest BCUT2D eigenvalue weighted by atomic mass is 9.87. The van der Waals surface area contributed by atoms with Crippen LogP contribution in [0.3, 0.4) is 0 Å². The van der Waals surface area contributed by atoms with Crippen LogP contribution in [0, 0.1) is 5.92 Å². The number of likely N-dealkylation sites (tertiary alicyclic amines) is 1. The third kappa shape index (κ3) is 3.15. The van der Waals surface area contributed by atoms with E-state index in [1.54, 1.807) is 0 Å². The molecule has 1 fully saturated rings. The third-order valence-corrected chi connectivity index (χ3v) is 4.28. The molecule has 1 aliphatic heterocycles. The molecule has 0 radical (unpaired) electrons. The minimum atomic E-state index is -0.167. The first-order valence-corrected chi connectivity index (χ1v) is 7.59. The number of aliphatic hydroxyl groups is 1. The summed E-state index contributed by atoms with van der Waals surface area (Å²) in [6.45, 7) is 4.92. The molecule has 1 amide bonds. The van der Waals surface area contributed by atoms with Crippen molar-refractivity contribution < 1.29 is 9.90 Å². The van der Waals surface area contributed by atoms with Crippen LogP contribution in [0.15, 0.2) is 24.3 Å². The van der Waals surface area contributed by atoms with E-state index in [9.17, 15) is 9.90 Å². The summed E-state index contributed by atoms with van der Waals surface area (Å²) >= 11 is 5.92. The summed E-state index contributed by atoms with van der Waals surface area (Å²) in [5.74, 6) is 0.168. The lowest BCUT2D eigenvalue weighted by molar-refractivity contribution is -0.135. The van der Waals surface area contributed by atoms with Gasteiger partial charge in [0.05, 0.1) is 18.6 Å². The number of hydrogen-bond acceptors (Lipinski definition) is 2. The van der Waals surface area contributed by atoms with Gasteiger partial charge in [-0.05, 0) is 36.5 Å². The van der Waals surface area contributed by atoms with Crippen LogP contribution in [-0.4, -0.2) is 35.1 Å². The van der Waals surface area contributed by atoms with Gasteiger partial charge in [-0.1, -0.05) is 37.6 Å². The van der Waals surface area contributed by atoms with Crippen LogP contribution in [0.5, 0.6) is 0 Å². The minimum absolute atomic E-state index is 0.0175. The van der Waals surface area contributed by atoms with Gasteiger partial charge >= 0.3 is 0 Å². The molecular weight excluding hydrogens is 274 g/mol. The van der Waals surface area contributed by atoms with Gasteiger partial charge in [0, 0.05) is 11.6 Å². The Morgan fingerprint density at radius 3 is 2.60 bits per heavy atom. The predicted octanol–water partition coefficient (Wildman–Crippen LogP) is 3.06. The summed E-state index contributed by atoms with van der Waals surface area (Å²) in [6.07, 6.45) is 1.87. The minimum Gasteiger partial charge on any atom is -0.394 e. The van der Waals surface area contributed by atoms with Crippen LogP contribution in [0.2, 0.25) is 5.02 Å². The molecule has 0 spiro atoms. The van der Waals surface area contributed by atoms with Gasteiger partial charge in [-0.15, -0.1) is 0 Å². The van der Waals surface area contributed by atoms with Gasteiger partial charge in [0.1, 0.15) is 0 Å². The molecule has 2 atom stereocenters. The molecule has 1 unspecified atom stereocenters. The maximum atomic E-state index is 12.8. The largest absolute Gasteiger partial charge is 0.394 e. The van der Waals surface area contributed by atoms with Gasteiger partial charge in [-0.3, -0.25) is 4.79 Å². The maximum Gasteiger partial charge on any atom is 0.230 e. The summed E-state index contributed by atoms with van der Waals surface area (Å²) in [4.78, 5) is 14.7. The van der Waals surface area contributed by atoms with Gasteiger partial charge in [-0.2, -0.15) is 0 Å². The van der Waals surface area contributed by atoms with Crippen LogP contribution in [-0.2, 0) is 4.79 Å². The molecule has 3 nitrogen and oxygen atoms in total. The molecule has 0 aromatic heterocycles. The standard InChI is InChI=1S/C16H22ClNO2/c1-11(2)15(12-5-7-13(17)8-6-12)16(20)18-9-3-4-14(18)10-19/h5-8,11,14-15,19H,3-4,9-10H2,1-2H3/t14-,15?/m0/s1. The summed E-state index contributed by atoms with van der Waals surface area (Å²) in [5.41, 5.74) is 0.998. The fourth-order valence-corrected chi connectivity index (χ4v) is 3.10. The molecule has 1 saturated heterocycles. The molecule has 0 bridgehead atoms. The quantitative estimate of drug-likeness (QED) is 0.927. The Morgan fingerprint density at radius 1 is 1.40 bits per heavy atom. The van der Waals surface area contributed by atoms with Gasteiger partial charge < -0.3 is 10.0 Å². The second-order valence-corrected chi connectivity index (χ2v) is 6.22. The van der Waals surface area contributed by atoms with E-state index in [-0.39, 0.29) is 30.4 Å². The van der Waals surface area contributed by atoms with Crippen LogP contribution in [0.25, 0.3) is 0 Å². The van der Waals surface area contributed by atoms with Gasteiger partial charge in [0.25, 0.3) is 0 Å². The Morgan fingerprint density at radius 2 is 2.05 bits per heavy atom. The number of hydrogen-bond donors (Lipinski definition) is 1. The summed E-state index contributed by atoms with van der Waals surface area (Å²) in [7, 11) is 0. The van der Waals surface area contributed by atoms with Gasteiger partial charge in [-0.25, -0.2) is 0 Å². The molecule has 2 rings (SSSR count). The highest BCUT2D eigenvalue weighted by atomic mass is 35.5. The van der Waals surface area contributed by atoms with E-state index in [0.717, 1.165) is 24.9 Å². The van der Waals surface area contributed by atoms with Crippen molar-refractivity contribution in [3.8, 4) is 0 Å². The van der Waals surface area contributed by atoms with Crippen molar-refractivity contribution in [1.29, 1.82) is 0 Å². The van der Waals surface area contributed by atoms with Crippen LogP contribution in [0.4, 0.5) is 0 Å². The number of rotatable bonds is 4. The number of halogens is 1. The average Bonchev–Trinajstić information content (AvgIpc) is 2.89. The van der Waals surface area contributed by atoms with Gasteiger partial charge in [0.2, 0.25) is 5.91 Å². The highest BCUT2D eigenvalue weighted by Crippen LogP contribution is 2.30. The smallest absolute Gasteiger partial charge is 0.230 e. The molecule has 1 aliphatic rings. The highest BCUT2D eigenvalue weighted by molar-refractivity contribution is 6.30. The monoisotopic (exact) mass is 295 g/mol. The molecule has 1 heterocycles. The summed E-state index contributed by atoms with van der Waals surface area (Å²) in [6, 6.07) is 7.49. The molecule has 1 aromatic rings. The van der Waals surface area contributed by atoms with E-state index >= 15 is 0 Å². The van der Waals surface area contributed by atoms with E-state index in [1.165, 1.54) is 0 Å². The van der Waals surface area contributed by atoms with E-state index in [4.69, 9.17) is 11.6 Å². The van der Waals surface area contributed by atoms with E-state index in [1.807, 2.05) is 29.2 Å². The first kappa shape index (κ1) is 15.3. The SMILES string of the molecule is CC(C)C(C(=O)N1CCC[C@H]1CO)c1ccc(Cl)cc1. The van der Waals surface area contributed by atoms with Crippen LogP contribution in [0.1, 0.15) is 38.2 Å². The lowest BCUT2D eigenvalue weighted by Gasteiger charge is -2.30. The second kappa shape index (κ2) is 6.59. The Labute approximate surface area is 125 Å². The average molecular weight is 296 g/mol. The van der Waals surface area contributed by atoms with Crippen molar-refractivity contribution in [2.45, 2.75) is 38.6 Å². The summed E-state index contributed by atoms with van der Waals surface area (Å²) < 4.78 is 0. The van der Waals surface area contributed by atoms with Crippen molar-refractivity contribution in [1.82, 2.24) is 4.90 Å². The van der Waals surface area contributed by atoms with Crippen LogP contribution >= 0.6 is 11.6 Å². The number of nitrogens with zero attached hydrogens (tertiary/aromatic N) is 1. The van der Waals surface area contributed by atoms with Gasteiger partial charge in [0.15, 0.2) is 0 Å². The van der Waals surface area contributed by atoms with Crippen molar-refractivity contribution in [3.05, 3.63) is 34.9 Å². The number of aliphatic hydroxyl groups excluding tert-OH is 1. The van der Waals surface area contributed by atoms with Crippen molar-refractivity contribution in [3.63, 3.8) is 0 Å². The zero-order valence-electron chi connectivity index (χ0n) is 12.1. The van der Waals surface area contributed by atoms with Crippen molar-refractivity contribution in [2.75, 3.05) is 13.2 Å². The van der Waals surface area contributed by atoms with Crippen LogP contribution < -0.4 is 0 Å². The predicted molar refractivity (Wildman–Crippen MR) is 80.9 cm³/mol. The number of amides is 1. The molecule has 1 N–H and O–H groups in total. The number of carbonyl (C=O) groups is 1. The molecule has 4 heteroatoms. The van der Waals surface area contributed by atoms with E-state index < -0.39 is 0 Å². The summed E-state index contributed by atoms with van der Waals surface area (Å²) in [5, 5.41) is 10.1. The second-order valence-electron chi connectivity index (χ2n) is 5.78. The Hall–Kier alpha value is -1.06. The topological polar surface area (TPSA) is 40.5 Å². The normalized spacial score (nSPS) is 20.4. The molecule has 1 aromatic carbocycles. The maximum absolute atomic E-state index is 12.8. The first-order chi connectivity index (χ1) is 9.54. The molecule has 110 valence electrons. The Bertz CT molecular complexity index is 458. The molecular formula is C16H22ClNO2. The molecule has 20 heavy (non-hydrogen) atoms.